The minimum atomic E-state index is -4.56. The van der Waals surface area contributed by atoms with Crippen LogP contribution in [0.15, 0.2) is 0 Å². The number of carbonyl (C=O) groups is 1. The molecular weight excluding hydrogens is 575 g/mol. The number of rotatable bonds is 33. The molecular formula is C32H65O10P. The fraction of sp³-hybridized carbons (Fsp3) is 0.969. The van der Waals surface area contributed by atoms with Crippen molar-refractivity contribution < 1.29 is 48.1 Å². The third kappa shape index (κ3) is 29.9. The Kier molecular flexibility index (Phi) is 29.7. The number of carbonyl (C=O) groups excluding carboxylic acids is 1. The third-order valence-corrected chi connectivity index (χ3v) is 8.33. The molecule has 43 heavy (non-hydrogen) atoms. The highest BCUT2D eigenvalue weighted by molar-refractivity contribution is 7.47. The summed E-state index contributed by atoms with van der Waals surface area (Å²) in [6, 6.07) is 0. The van der Waals surface area contributed by atoms with Gasteiger partial charge in [0.05, 0.1) is 19.8 Å². The first-order valence-corrected chi connectivity index (χ1v) is 18.6. The minimum absolute atomic E-state index is 0.246. The predicted octanol–water partition coefficient (Wildman–Crippen LogP) is 7.34. The Labute approximate surface area is 261 Å². The summed E-state index contributed by atoms with van der Waals surface area (Å²) in [5, 5.41) is 28.6. The Balaban J connectivity index is 4.37. The van der Waals surface area contributed by atoms with E-state index in [4.69, 9.17) is 19.1 Å². The Hall–Kier alpha value is -0.580. The molecule has 4 atom stereocenters. The standard InChI is InChI=1S/C32H65O10P/c1-3-5-7-9-11-12-13-14-15-16-18-20-22-24-32(36)42-30(28-41-43(37,38)40-26-29(34)25-33)27-39-31(35)23-21-19-17-10-8-6-4-2/h29-30,32-34,36H,3-28H2,1-2H3,(H,37,38)/t29-,30+,32?/m0/s1. The van der Waals surface area contributed by atoms with Crippen LogP contribution in [0.3, 0.4) is 0 Å². The fourth-order valence-electron chi connectivity index (χ4n) is 4.69. The van der Waals surface area contributed by atoms with Crippen molar-refractivity contribution in [2.75, 3.05) is 26.4 Å². The SMILES string of the molecule is CCCCCCCCCCCCCCCC(O)O[C@H](COC(=O)CCCCCCCCC)COP(=O)(O)OC[C@@H](O)CO. The summed E-state index contributed by atoms with van der Waals surface area (Å²) in [7, 11) is -4.56. The van der Waals surface area contributed by atoms with Crippen LogP contribution < -0.4 is 0 Å². The lowest BCUT2D eigenvalue weighted by Gasteiger charge is -2.23. The van der Waals surface area contributed by atoms with E-state index in [0.717, 1.165) is 44.9 Å². The molecule has 0 aliphatic carbocycles. The zero-order chi connectivity index (χ0) is 32.0. The smallest absolute Gasteiger partial charge is 0.463 e. The molecule has 4 N–H and O–H groups in total. The van der Waals surface area contributed by atoms with E-state index in [2.05, 4.69) is 18.4 Å². The van der Waals surface area contributed by atoms with E-state index in [1.54, 1.807) is 0 Å². The molecule has 0 spiro atoms. The fourth-order valence-corrected chi connectivity index (χ4v) is 5.48. The van der Waals surface area contributed by atoms with E-state index in [1.807, 2.05) is 0 Å². The maximum atomic E-state index is 12.2. The molecule has 11 heteroatoms. The maximum absolute atomic E-state index is 12.2. The molecule has 0 bridgehead atoms. The van der Waals surface area contributed by atoms with Crippen LogP contribution >= 0.6 is 7.82 Å². The van der Waals surface area contributed by atoms with Gasteiger partial charge in [-0.3, -0.25) is 13.8 Å². The Morgan fingerprint density at radius 2 is 1.09 bits per heavy atom. The first kappa shape index (κ1) is 42.4. The van der Waals surface area contributed by atoms with Gasteiger partial charge >= 0.3 is 13.8 Å². The quantitative estimate of drug-likeness (QED) is 0.0248. The monoisotopic (exact) mass is 640 g/mol. The molecule has 0 saturated carbocycles. The van der Waals surface area contributed by atoms with Gasteiger partial charge in [-0.1, -0.05) is 129 Å². The highest BCUT2D eigenvalue weighted by Crippen LogP contribution is 2.43. The number of ether oxygens (including phenoxy) is 2. The van der Waals surface area contributed by atoms with Crippen LogP contribution in [-0.4, -0.2) is 71.1 Å². The summed E-state index contributed by atoms with van der Waals surface area (Å²) in [5.41, 5.74) is 0. The largest absolute Gasteiger partial charge is 0.472 e. The molecule has 0 aliphatic heterocycles. The average molecular weight is 641 g/mol. The first-order valence-electron chi connectivity index (χ1n) is 17.1. The van der Waals surface area contributed by atoms with Gasteiger partial charge in [0, 0.05) is 6.42 Å². The molecule has 10 nitrogen and oxygen atoms in total. The minimum Gasteiger partial charge on any atom is -0.463 e. The van der Waals surface area contributed by atoms with E-state index in [0.29, 0.717) is 6.42 Å². The van der Waals surface area contributed by atoms with Crippen molar-refractivity contribution in [1.82, 2.24) is 0 Å². The van der Waals surface area contributed by atoms with E-state index < -0.39 is 52.1 Å². The number of aliphatic hydroxyl groups excluding tert-OH is 3. The number of unbranched alkanes of at least 4 members (excludes halogenated alkanes) is 18. The molecule has 0 radical (unpaired) electrons. The summed E-state index contributed by atoms with van der Waals surface area (Å²) in [6.07, 6.45) is 20.6. The Bertz CT molecular complexity index is 666. The molecule has 0 saturated heterocycles. The van der Waals surface area contributed by atoms with Crippen molar-refractivity contribution in [3.8, 4) is 0 Å². The molecule has 0 heterocycles. The molecule has 258 valence electrons. The summed E-state index contributed by atoms with van der Waals surface area (Å²) in [6.45, 7) is 2.47. The molecule has 0 fully saturated rings. The van der Waals surface area contributed by atoms with Crippen LogP contribution in [0.25, 0.3) is 0 Å². The number of phosphoric acid groups is 1. The van der Waals surface area contributed by atoms with Crippen molar-refractivity contribution in [2.24, 2.45) is 0 Å². The lowest BCUT2D eigenvalue weighted by molar-refractivity contribution is -0.174. The zero-order valence-corrected chi connectivity index (χ0v) is 28.2. The number of hydrogen-bond acceptors (Lipinski definition) is 9. The second-order valence-corrected chi connectivity index (χ2v) is 13.1. The van der Waals surface area contributed by atoms with Crippen molar-refractivity contribution in [1.29, 1.82) is 0 Å². The van der Waals surface area contributed by atoms with Crippen LogP contribution in [0.1, 0.15) is 155 Å². The van der Waals surface area contributed by atoms with Gasteiger partial charge in [-0.05, 0) is 19.3 Å². The van der Waals surface area contributed by atoms with Crippen molar-refractivity contribution in [2.45, 2.75) is 174 Å². The van der Waals surface area contributed by atoms with E-state index in [1.165, 1.54) is 83.5 Å². The van der Waals surface area contributed by atoms with Gasteiger partial charge in [0.15, 0.2) is 6.29 Å². The topological polar surface area (TPSA) is 152 Å². The van der Waals surface area contributed by atoms with Gasteiger partial charge < -0.3 is 29.7 Å². The van der Waals surface area contributed by atoms with Gasteiger partial charge in [-0.2, -0.15) is 0 Å². The summed E-state index contributed by atoms with van der Waals surface area (Å²) < 4.78 is 32.7. The summed E-state index contributed by atoms with van der Waals surface area (Å²) in [5.74, 6) is -0.400. The lowest BCUT2D eigenvalue weighted by atomic mass is 10.0. The van der Waals surface area contributed by atoms with Crippen LogP contribution in [-0.2, 0) is 27.9 Å². The second-order valence-electron chi connectivity index (χ2n) is 11.7. The van der Waals surface area contributed by atoms with Crippen LogP contribution in [0.5, 0.6) is 0 Å². The normalized spacial score (nSPS) is 15.2. The Morgan fingerprint density at radius 3 is 1.58 bits per heavy atom. The van der Waals surface area contributed by atoms with Gasteiger partial charge in [-0.15, -0.1) is 0 Å². The third-order valence-electron chi connectivity index (χ3n) is 7.38. The number of aliphatic hydroxyl groups is 3. The van der Waals surface area contributed by atoms with E-state index in [-0.39, 0.29) is 13.0 Å². The molecule has 0 rings (SSSR count). The second kappa shape index (κ2) is 30.1. The molecule has 0 aromatic heterocycles. The molecule has 2 unspecified atom stereocenters. The van der Waals surface area contributed by atoms with E-state index in [9.17, 15) is 24.5 Å². The average Bonchev–Trinajstić information content (AvgIpc) is 2.99. The van der Waals surface area contributed by atoms with E-state index >= 15 is 0 Å². The number of esters is 1. The summed E-state index contributed by atoms with van der Waals surface area (Å²) >= 11 is 0. The van der Waals surface area contributed by atoms with Crippen LogP contribution in [0, 0.1) is 0 Å². The van der Waals surface area contributed by atoms with Gasteiger partial charge in [0.1, 0.15) is 18.8 Å². The van der Waals surface area contributed by atoms with Gasteiger partial charge in [-0.25, -0.2) is 4.57 Å². The van der Waals surface area contributed by atoms with Crippen LogP contribution in [0.2, 0.25) is 0 Å². The summed E-state index contributed by atoms with van der Waals surface area (Å²) in [4.78, 5) is 22.1. The highest BCUT2D eigenvalue weighted by atomic mass is 31.2. The van der Waals surface area contributed by atoms with Gasteiger partial charge in [0.25, 0.3) is 0 Å². The molecule has 0 aromatic carbocycles. The zero-order valence-electron chi connectivity index (χ0n) is 27.3. The molecule has 0 aromatic rings. The predicted molar refractivity (Wildman–Crippen MR) is 170 cm³/mol. The Morgan fingerprint density at radius 1 is 0.651 bits per heavy atom. The first-order chi connectivity index (χ1) is 20.7. The van der Waals surface area contributed by atoms with Crippen molar-refractivity contribution in [3.05, 3.63) is 0 Å². The maximum Gasteiger partial charge on any atom is 0.472 e. The molecule has 0 amide bonds. The molecule has 0 aliphatic rings. The lowest BCUT2D eigenvalue weighted by Crippen LogP contribution is -2.31. The van der Waals surface area contributed by atoms with Gasteiger partial charge in [0.2, 0.25) is 0 Å². The van der Waals surface area contributed by atoms with Crippen molar-refractivity contribution >= 4 is 13.8 Å². The highest BCUT2D eigenvalue weighted by Gasteiger charge is 2.27. The number of phosphoric ester groups is 1. The number of hydrogen-bond donors (Lipinski definition) is 4. The van der Waals surface area contributed by atoms with Crippen LogP contribution in [0.4, 0.5) is 0 Å². The van der Waals surface area contributed by atoms with Crippen molar-refractivity contribution in [3.63, 3.8) is 0 Å².